The molecule has 0 atom stereocenters. The Balaban J connectivity index is 1.70. The van der Waals surface area contributed by atoms with Crippen LogP contribution in [0.3, 0.4) is 0 Å². The van der Waals surface area contributed by atoms with E-state index in [-0.39, 0.29) is 0 Å². The van der Waals surface area contributed by atoms with Crippen molar-refractivity contribution in [2.75, 3.05) is 4.72 Å². The van der Waals surface area contributed by atoms with Crippen molar-refractivity contribution in [2.45, 2.75) is 25.7 Å². The Kier molecular flexibility index (Phi) is 4.64. The molecule has 0 unspecified atom stereocenters. The van der Waals surface area contributed by atoms with Gasteiger partial charge in [0.15, 0.2) is 0 Å². The summed E-state index contributed by atoms with van der Waals surface area (Å²) in [6.45, 7) is 5.60. The number of hydrogen-bond acceptors (Lipinski definition) is 5. The number of hydrogen-bond donors (Lipinski definition) is 1. The lowest BCUT2D eigenvalue weighted by Crippen LogP contribution is -2.16. The van der Waals surface area contributed by atoms with Gasteiger partial charge in [0.2, 0.25) is 0 Å². The molecule has 2 aromatic heterocycles. The Hall–Kier alpha value is -2.77. The van der Waals surface area contributed by atoms with Gasteiger partial charge in [-0.15, -0.1) is 0 Å². The number of benzene rings is 2. The van der Waals surface area contributed by atoms with Crippen LogP contribution in [0.15, 0.2) is 59.6 Å². The first-order valence-electron chi connectivity index (χ1n) is 8.76. The van der Waals surface area contributed by atoms with Gasteiger partial charge in [0.1, 0.15) is 15.4 Å². The number of aromatic nitrogens is 2. The Bertz CT molecular complexity index is 1240. The number of anilines is 1. The number of thiazole rings is 1. The van der Waals surface area contributed by atoms with Gasteiger partial charge in [-0.25, -0.2) is 18.4 Å². The summed E-state index contributed by atoms with van der Waals surface area (Å²) >= 11 is 1.48. The number of pyridine rings is 1. The highest BCUT2D eigenvalue weighted by Crippen LogP contribution is 2.31. The van der Waals surface area contributed by atoms with Crippen molar-refractivity contribution in [3.8, 4) is 10.6 Å². The van der Waals surface area contributed by atoms with Crippen LogP contribution in [0.1, 0.15) is 16.7 Å². The molecule has 4 rings (SSSR count). The van der Waals surface area contributed by atoms with Crippen LogP contribution in [-0.4, -0.2) is 18.4 Å². The summed E-state index contributed by atoms with van der Waals surface area (Å²) in [5.74, 6) is 0. The Morgan fingerprint density at radius 1 is 0.964 bits per heavy atom. The zero-order valence-corrected chi connectivity index (χ0v) is 17.4. The first-order valence-corrected chi connectivity index (χ1v) is 11.1. The highest BCUT2D eigenvalue weighted by Gasteiger charge is 2.20. The lowest BCUT2D eigenvalue weighted by atomic mass is 10.1. The fraction of sp³-hybridized carbons (Fsp3) is 0.143. The summed E-state index contributed by atoms with van der Waals surface area (Å²) in [5.41, 5.74) is 4.70. The van der Waals surface area contributed by atoms with E-state index < -0.39 is 10.0 Å². The molecule has 2 heterocycles. The topological polar surface area (TPSA) is 72.0 Å². The maximum Gasteiger partial charge on any atom is 0.262 e. The molecule has 0 amide bonds. The maximum atomic E-state index is 13.0. The molecule has 142 valence electrons. The summed E-state index contributed by atoms with van der Waals surface area (Å²) < 4.78 is 28.7. The number of rotatable bonds is 4. The summed E-state index contributed by atoms with van der Waals surface area (Å²) in [4.78, 5) is 10.1. The quantitative estimate of drug-likeness (QED) is 0.510. The van der Waals surface area contributed by atoms with E-state index in [0.29, 0.717) is 10.6 Å². The van der Waals surface area contributed by atoms with Crippen molar-refractivity contribution in [1.82, 2.24) is 9.97 Å². The molecule has 4 aromatic rings. The van der Waals surface area contributed by atoms with E-state index in [1.807, 2.05) is 57.2 Å². The van der Waals surface area contributed by atoms with Gasteiger partial charge in [-0.05, 0) is 56.2 Å². The molecule has 0 aliphatic heterocycles. The minimum Gasteiger partial charge on any atom is -0.280 e. The number of fused-ring (bicyclic) bond motifs is 1. The highest BCUT2D eigenvalue weighted by molar-refractivity contribution is 7.92. The van der Waals surface area contributed by atoms with Crippen molar-refractivity contribution >= 4 is 37.4 Å². The van der Waals surface area contributed by atoms with Gasteiger partial charge in [-0.2, -0.15) is 0 Å². The highest BCUT2D eigenvalue weighted by atomic mass is 32.2. The molecule has 0 saturated heterocycles. The molecule has 7 heteroatoms. The fourth-order valence-electron chi connectivity index (χ4n) is 3.41. The van der Waals surface area contributed by atoms with Crippen LogP contribution in [0.25, 0.3) is 20.9 Å². The minimum atomic E-state index is -3.69. The molecule has 0 aliphatic rings. The first kappa shape index (κ1) is 18.6. The van der Waals surface area contributed by atoms with Crippen molar-refractivity contribution < 1.29 is 8.42 Å². The van der Waals surface area contributed by atoms with Crippen LogP contribution >= 0.6 is 11.3 Å². The van der Waals surface area contributed by atoms with Gasteiger partial charge in [0.25, 0.3) is 10.0 Å². The van der Waals surface area contributed by atoms with Gasteiger partial charge in [0.05, 0.1) is 4.90 Å². The lowest BCUT2D eigenvalue weighted by Gasteiger charge is -2.14. The average molecular weight is 410 g/mol. The van der Waals surface area contributed by atoms with Gasteiger partial charge in [-0.3, -0.25) is 4.72 Å². The van der Waals surface area contributed by atoms with Crippen LogP contribution in [0.4, 0.5) is 5.69 Å². The minimum absolute atomic E-state index is 0.327. The SMILES string of the molecule is Cc1cc(C)c(S(=O)(=O)Nc2cccc(-c3nc4cccnc4s3)c2)c(C)c1. The normalized spacial score (nSPS) is 11.7. The molecular formula is C21H19N3O2S2. The summed E-state index contributed by atoms with van der Waals surface area (Å²) in [6, 6.07) is 14.8. The number of nitrogens with one attached hydrogen (secondary N) is 1. The zero-order valence-electron chi connectivity index (χ0n) is 15.7. The van der Waals surface area contributed by atoms with Crippen LogP contribution in [0, 0.1) is 20.8 Å². The smallest absolute Gasteiger partial charge is 0.262 e. The maximum absolute atomic E-state index is 13.0. The van der Waals surface area contributed by atoms with Crippen LogP contribution in [-0.2, 0) is 10.0 Å². The van der Waals surface area contributed by atoms with Crippen LogP contribution < -0.4 is 4.72 Å². The monoisotopic (exact) mass is 409 g/mol. The van der Waals surface area contributed by atoms with Crippen LogP contribution in [0.5, 0.6) is 0 Å². The van der Waals surface area contributed by atoms with Crippen molar-refractivity contribution in [2.24, 2.45) is 0 Å². The summed E-state index contributed by atoms with van der Waals surface area (Å²) in [6.07, 6.45) is 1.74. The van der Waals surface area contributed by atoms with E-state index in [1.54, 1.807) is 18.3 Å². The number of aryl methyl sites for hydroxylation is 3. The van der Waals surface area contributed by atoms with Crippen molar-refractivity contribution in [1.29, 1.82) is 0 Å². The van der Waals surface area contributed by atoms with Crippen molar-refractivity contribution in [3.05, 3.63) is 71.4 Å². The second-order valence-electron chi connectivity index (χ2n) is 6.76. The molecule has 0 aliphatic carbocycles. The molecule has 2 aromatic carbocycles. The van der Waals surface area contributed by atoms with Gasteiger partial charge in [0, 0.05) is 17.4 Å². The van der Waals surface area contributed by atoms with Crippen LogP contribution in [0.2, 0.25) is 0 Å². The van der Waals surface area contributed by atoms with Gasteiger partial charge >= 0.3 is 0 Å². The van der Waals surface area contributed by atoms with Gasteiger partial charge in [-0.1, -0.05) is 41.2 Å². The Labute approximate surface area is 168 Å². The van der Waals surface area contributed by atoms with Crippen molar-refractivity contribution in [3.63, 3.8) is 0 Å². The van der Waals surface area contributed by atoms with Gasteiger partial charge < -0.3 is 0 Å². The summed E-state index contributed by atoms with van der Waals surface area (Å²) in [7, 11) is -3.69. The Morgan fingerprint density at radius 3 is 2.43 bits per heavy atom. The third kappa shape index (κ3) is 3.50. The number of nitrogens with zero attached hydrogens (tertiary/aromatic N) is 2. The predicted octanol–water partition coefficient (Wildman–Crippen LogP) is 5.08. The third-order valence-corrected chi connectivity index (χ3v) is 7.12. The molecular weight excluding hydrogens is 390 g/mol. The second kappa shape index (κ2) is 7.00. The van der Waals surface area contributed by atoms with E-state index in [2.05, 4.69) is 14.7 Å². The van der Waals surface area contributed by atoms with E-state index in [0.717, 1.165) is 37.6 Å². The lowest BCUT2D eigenvalue weighted by molar-refractivity contribution is 0.600. The predicted molar refractivity (Wildman–Crippen MR) is 114 cm³/mol. The van der Waals surface area contributed by atoms with E-state index >= 15 is 0 Å². The molecule has 0 saturated carbocycles. The Morgan fingerprint density at radius 2 is 1.71 bits per heavy atom. The molecule has 28 heavy (non-hydrogen) atoms. The summed E-state index contributed by atoms with van der Waals surface area (Å²) in [5, 5.41) is 0.803. The average Bonchev–Trinajstić information content (AvgIpc) is 3.04. The molecule has 0 radical (unpaired) electrons. The molecule has 0 spiro atoms. The molecule has 0 fully saturated rings. The first-order chi connectivity index (χ1) is 13.3. The van der Waals surface area contributed by atoms with E-state index in [9.17, 15) is 8.42 Å². The standard InChI is InChI=1S/C21H19N3O2S2/c1-13-10-14(2)19(15(3)11-13)28(25,26)24-17-7-4-6-16(12-17)20-23-18-8-5-9-22-21(18)27-20/h4-12,24H,1-3H3. The van der Waals surface area contributed by atoms with E-state index in [1.165, 1.54) is 11.3 Å². The zero-order chi connectivity index (χ0) is 19.9. The second-order valence-corrected chi connectivity index (χ2v) is 9.36. The van der Waals surface area contributed by atoms with E-state index in [4.69, 9.17) is 0 Å². The molecule has 0 bridgehead atoms. The molecule has 5 nitrogen and oxygen atoms in total. The molecule has 1 N–H and O–H groups in total. The number of sulfonamides is 1. The third-order valence-electron chi connectivity index (χ3n) is 4.40. The fourth-order valence-corrected chi connectivity index (χ4v) is 5.81. The largest absolute Gasteiger partial charge is 0.280 e.